The molecule has 0 aliphatic carbocycles. The Kier molecular flexibility index (Phi) is 4.05. The summed E-state index contributed by atoms with van der Waals surface area (Å²) in [6.45, 7) is 4.30. The van der Waals surface area contributed by atoms with Gasteiger partial charge in [-0.25, -0.2) is 8.78 Å². The Labute approximate surface area is 88.3 Å². The number of halogens is 2. The van der Waals surface area contributed by atoms with E-state index in [0.717, 1.165) is 12.1 Å². The van der Waals surface area contributed by atoms with E-state index in [1.165, 1.54) is 0 Å². The molecule has 0 radical (unpaired) electrons. The van der Waals surface area contributed by atoms with Gasteiger partial charge in [-0.3, -0.25) is 4.68 Å². The van der Waals surface area contributed by atoms with Crippen LogP contribution in [-0.4, -0.2) is 16.2 Å². The van der Waals surface area contributed by atoms with Crippen molar-refractivity contribution in [1.29, 1.82) is 0 Å². The van der Waals surface area contributed by atoms with E-state index in [1.54, 1.807) is 10.7 Å². The Hall–Kier alpha value is -1.13. The third-order valence-corrected chi connectivity index (χ3v) is 2.52. The Bertz CT molecular complexity index is 310. The number of rotatable bonds is 5. The number of alkyl halides is 2. The number of nitrogen functional groups attached to an aromatic ring is 1. The molecule has 1 rings (SSSR count). The van der Waals surface area contributed by atoms with Crippen molar-refractivity contribution < 1.29 is 8.78 Å². The minimum Gasteiger partial charge on any atom is -0.382 e. The molecule has 5 heteroatoms. The van der Waals surface area contributed by atoms with Crippen molar-refractivity contribution in [2.24, 2.45) is 5.92 Å². The Morgan fingerprint density at radius 3 is 2.60 bits per heavy atom. The van der Waals surface area contributed by atoms with E-state index in [0.29, 0.717) is 12.4 Å². The SMILES string of the molecule is CCC(CC(F)F)Cn1nc(N)cc1C. The molecule has 0 spiro atoms. The van der Waals surface area contributed by atoms with Gasteiger partial charge in [0.05, 0.1) is 0 Å². The van der Waals surface area contributed by atoms with Crippen LogP contribution < -0.4 is 5.73 Å². The van der Waals surface area contributed by atoms with Crippen LogP contribution >= 0.6 is 0 Å². The molecule has 0 fully saturated rings. The second-order valence-corrected chi connectivity index (χ2v) is 3.79. The van der Waals surface area contributed by atoms with Crippen LogP contribution in [0.25, 0.3) is 0 Å². The maximum atomic E-state index is 12.2. The van der Waals surface area contributed by atoms with Crippen LogP contribution in [-0.2, 0) is 6.54 Å². The molecule has 0 aliphatic rings. The summed E-state index contributed by atoms with van der Waals surface area (Å²) >= 11 is 0. The molecule has 0 aromatic carbocycles. The number of hydrogen-bond donors (Lipinski definition) is 1. The van der Waals surface area contributed by atoms with Gasteiger partial charge in [0.15, 0.2) is 0 Å². The van der Waals surface area contributed by atoms with Crippen molar-refractivity contribution in [3.63, 3.8) is 0 Å². The van der Waals surface area contributed by atoms with Gasteiger partial charge in [0.2, 0.25) is 6.43 Å². The Morgan fingerprint density at radius 1 is 1.53 bits per heavy atom. The Balaban J connectivity index is 2.62. The van der Waals surface area contributed by atoms with Gasteiger partial charge in [-0.15, -0.1) is 0 Å². The first-order valence-corrected chi connectivity index (χ1v) is 5.11. The van der Waals surface area contributed by atoms with Crippen molar-refractivity contribution in [2.75, 3.05) is 5.73 Å². The highest BCUT2D eigenvalue weighted by Crippen LogP contribution is 2.17. The Morgan fingerprint density at radius 2 is 2.20 bits per heavy atom. The average molecular weight is 217 g/mol. The fourth-order valence-corrected chi connectivity index (χ4v) is 1.59. The van der Waals surface area contributed by atoms with E-state index in [4.69, 9.17) is 5.73 Å². The van der Waals surface area contributed by atoms with Crippen LogP contribution in [0.3, 0.4) is 0 Å². The fraction of sp³-hybridized carbons (Fsp3) is 0.700. The highest BCUT2D eigenvalue weighted by Gasteiger charge is 2.15. The van der Waals surface area contributed by atoms with Gasteiger partial charge < -0.3 is 5.73 Å². The van der Waals surface area contributed by atoms with Crippen LogP contribution in [0.2, 0.25) is 0 Å². The van der Waals surface area contributed by atoms with Gasteiger partial charge in [-0.1, -0.05) is 13.3 Å². The second kappa shape index (κ2) is 5.09. The molecule has 1 aromatic rings. The number of aromatic nitrogens is 2. The zero-order valence-electron chi connectivity index (χ0n) is 9.08. The lowest BCUT2D eigenvalue weighted by Gasteiger charge is -2.15. The molecule has 0 saturated carbocycles. The topological polar surface area (TPSA) is 43.8 Å². The molecule has 1 aromatic heterocycles. The van der Waals surface area contributed by atoms with E-state index in [-0.39, 0.29) is 12.3 Å². The zero-order valence-corrected chi connectivity index (χ0v) is 9.08. The van der Waals surface area contributed by atoms with Crippen molar-refractivity contribution in [2.45, 2.75) is 39.7 Å². The molecule has 86 valence electrons. The number of aryl methyl sites for hydroxylation is 1. The first-order chi connectivity index (χ1) is 7.02. The van der Waals surface area contributed by atoms with Crippen LogP contribution in [0.4, 0.5) is 14.6 Å². The molecule has 15 heavy (non-hydrogen) atoms. The summed E-state index contributed by atoms with van der Waals surface area (Å²) in [5, 5.41) is 4.05. The molecular weight excluding hydrogens is 200 g/mol. The van der Waals surface area contributed by atoms with Crippen molar-refractivity contribution in [1.82, 2.24) is 9.78 Å². The molecule has 0 aliphatic heterocycles. The molecule has 0 amide bonds. The minimum atomic E-state index is -2.25. The van der Waals surface area contributed by atoms with Gasteiger partial charge in [-0.2, -0.15) is 5.10 Å². The highest BCUT2D eigenvalue weighted by molar-refractivity contribution is 5.28. The van der Waals surface area contributed by atoms with Gasteiger partial charge in [0.1, 0.15) is 5.82 Å². The van der Waals surface area contributed by atoms with E-state index >= 15 is 0 Å². The van der Waals surface area contributed by atoms with Crippen LogP contribution in [0.15, 0.2) is 6.07 Å². The quantitative estimate of drug-likeness (QED) is 0.823. The number of nitrogens with zero attached hydrogens (tertiary/aromatic N) is 2. The van der Waals surface area contributed by atoms with E-state index in [9.17, 15) is 8.78 Å². The van der Waals surface area contributed by atoms with Crippen molar-refractivity contribution in [3.8, 4) is 0 Å². The number of hydrogen-bond acceptors (Lipinski definition) is 2. The third kappa shape index (κ3) is 3.49. The molecule has 1 heterocycles. The van der Waals surface area contributed by atoms with Gasteiger partial charge >= 0.3 is 0 Å². The summed E-state index contributed by atoms with van der Waals surface area (Å²) in [7, 11) is 0. The molecule has 2 N–H and O–H groups in total. The maximum Gasteiger partial charge on any atom is 0.239 e. The molecule has 0 saturated heterocycles. The monoisotopic (exact) mass is 217 g/mol. The van der Waals surface area contributed by atoms with Crippen LogP contribution in [0.5, 0.6) is 0 Å². The minimum absolute atomic E-state index is 0.0389. The molecule has 3 nitrogen and oxygen atoms in total. The standard InChI is InChI=1S/C10H17F2N3/c1-3-8(5-9(11)12)6-15-7(2)4-10(13)14-15/h4,8-9H,3,5-6H2,1-2H3,(H2,13,14). The smallest absolute Gasteiger partial charge is 0.239 e. The van der Waals surface area contributed by atoms with Crippen molar-refractivity contribution >= 4 is 5.82 Å². The normalized spacial score (nSPS) is 13.4. The summed E-state index contributed by atoms with van der Waals surface area (Å²) in [5.41, 5.74) is 6.43. The van der Waals surface area contributed by atoms with E-state index < -0.39 is 6.43 Å². The first-order valence-electron chi connectivity index (χ1n) is 5.11. The van der Waals surface area contributed by atoms with Crippen molar-refractivity contribution in [3.05, 3.63) is 11.8 Å². The lowest BCUT2D eigenvalue weighted by molar-refractivity contribution is 0.107. The molecule has 0 bridgehead atoms. The third-order valence-electron chi connectivity index (χ3n) is 2.52. The van der Waals surface area contributed by atoms with Gasteiger partial charge in [0, 0.05) is 24.7 Å². The number of anilines is 1. The summed E-state index contributed by atoms with van der Waals surface area (Å²) in [5.74, 6) is 0.405. The maximum absolute atomic E-state index is 12.2. The predicted molar refractivity (Wildman–Crippen MR) is 55.8 cm³/mol. The second-order valence-electron chi connectivity index (χ2n) is 3.79. The first kappa shape index (κ1) is 11.9. The van der Waals surface area contributed by atoms with Gasteiger partial charge in [0.25, 0.3) is 0 Å². The summed E-state index contributed by atoms with van der Waals surface area (Å²) in [6, 6.07) is 1.75. The fourth-order valence-electron chi connectivity index (χ4n) is 1.59. The number of nitrogens with two attached hydrogens (primary N) is 1. The largest absolute Gasteiger partial charge is 0.382 e. The van der Waals surface area contributed by atoms with E-state index in [2.05, 4.69) is 5.10 Å². The van der Waals surface area contributed by atoms with Crippen LogP contribution in [0, 0.1) is 12.8 Å². The highest BCUT2D eigenvalue weighted by atomic mass is 19.3. The summed E-state index contributed by atoms with van der Waals surface area (Å²) in [4.78, 5) is 0. The lowest BCUT2D eigenvalue weighted by Crippen LogP contribution is -2.15. The van der Waals surface area contributed by atoms with Gasteiger partial charge in [-0.05, 0) is 12.8 Å². The molecular formula is C10H17F2N3. The zero-order chi connectivity index (χ0) is 11.4. The predicted octanol–water partition coefficient (Wildman–Crippen LogP) is 2.46. The lowest BCUT2D eigenvalue weighted by atomic mass is 10.0. The summed E-state index contributed by atoms with van der Waals surface area (Å²) < 4.78 is 26.2. The van der Waals surface area contributed by atoms with E-state index in [1.807, 2.05) is 13.8 Å². The average Bonchev–Trinajstić information content (AvgIpc) is 2.43. The van der Waals surface area contributed by atoms with Crippen LogP contribution in [0.1, 0.15) is 25.5 Å². The summed E-state index contributed by atoms with van der Waals surface area (Å²) in [6.07, 6.45) is -1.60. The molecule has 1 unspecified atom stereocenters. The molecule has 1 atom stereocenters.